The molecule has 15 heavy (non-hydrogen) atoms. The van der Waals surface area contributed by atoms with E-state index < -0.39 is 0 Å². The van der Waals surface area contributed by atoms with Crippen LogP contribution in [0.25, 0.3) is 0 Å². The second-order valence-electron chi connectivity index (χ2n) is 4.53. The fraction of sp³-hybridized carbons (Fsp3) is 1.00. The summed E-state index contributed by atoms with van der Waals surface area (Å²) in [6.45, 7) is 10.6. The molecule has 1 N–H and O–H groups in total. The highest BCUT2D eigenvalue weighted by Crippen LogP contribution is 2.02. The lowest BCUT2D eigenvalue weighted by atomic mass is 10.2. The van der Waals surface area contributed by atoms with E-state index in [2.05, 4.69) is 31.0 Å². The third kappa shape index (κ3) is 8.88. The van der Waals surface area contributed by atoms with Crippen molar-refractivity contribution >= 4 is 0 Å². The van der Waals surface area contributed by atoms with Crippen LogP contribution >= 0.6 is 0 Å². The van der Waals surface area contributed by atoms with Gasteiger partial charge in [0.1, 0.15) is 0 Å². The molecule has 1 atom stereocenters. The number of nitrogens with one attached hydrogen (secondary N) is 1. The fourth-order valence-electron chi connectivity index (χ4n) is 1.62. The van der Waals surface area contributed by atoms with Gasteiger partial charge in [-0.05, 0) is 52.9 Å². The molecular weight excluding hydrogens is 184 g/mol. The van der Waals surface area contributed by atoms with Crippen LogP contribution in [0, 0.1) is 0 Å². The highest BCUT2D eigenvalue weighted by Gasteiger charge is 2.05. The Morgan fingerprint density at radius 3 is 1.93 bits per heavy atom. The SMILES string of the molecule is CCCCN(CCCC)CCC(C)NC. The lowest BCUT2D eigenvalue weighted by molar-refractivity contribution is 0.253. The van der Waals surface area contributed by atoms with Crippen molar-refractivity contribution in [3.63, 3.8) is 0 Å². The summed E-state index contributed by atoms with van der Waals surface area (Å²) in [5, 5.41) is 3.31. The fourth-order valence-corrected chi connectivity index (χ4v) is 1.62. The molecule has 0 saturated heterocycles. The molecule has 0 spiro atoms. The molecule has 1 unspecified atom stereocenters. The molecule has 0 saturated carbocycles. The topological polar surface area (TPSA) is 15.3 Å². The van der Waals surface area contributed by atoms with Gasteiger partial charge in [0.05, 0.1) is 0 Å². The molecule has 0 radical (unpaired) electrons. The van der Waals surface area contributed by atoms with Gasteiger partial charge in [-0.25, -0.2) is 0 Å². The van der Waals surface area contributed by atoms with Crippen molar-refractivity contribution in [3.05, 3.63) is 0 Å². The van der Waals surface area contributed by atoms with Crippen LogP contribution in [0.2, 0.25) is 0 Å². The Balaban J connectivity index is 3.67. The molecule has 2 heteroatoms. The van der Waals surface area contributed by atoms with Crippen LogP contribution in [0.15, 0.2) is 0 Å². The lowest BCUT2D eigenvalue weighted by Gasteiger charge is -2.23. The smallest absolute Gasteiger partial charge is 0.00479 e. The van der Waals surface area contributed by atoms with Gasteiger partial charge in [-0.2, -0.15) is 0 Å². The van der Waals surface area contributed by atoms with Crippen molar-refractivity contribution in [2.45, 2.75) is 58.9 Å². The summed E-state index contributed by atoms with van der Waals surface area (Å²) in [4.78, 5) is 2.63. The second-order valence-corrected chi connectivity index (χ2v) is 4.53. The van der Waals surface area contributed by atoms with E-state index in [1.165, 1.54) is 51.7 Å². The molecule has 0 heterocycles. The molecule has 0 aliphatic rings. The summed E-state index contributed by atoms with van der Waals surface area (Å²) in [6.07, 6.45) is 6.58. The zero-order chi connectivity index (χ0) is 11.5. The van der Waals surface area contributed by atoms with E-state index in [0.29, 0.717) is 6.04 Å². The van der Waals surface area contributed by atoms with E-state index in [0.717, 1.165) is 0 Å². The summed E-state index contributed by atoms with van der Waals surface area (Å²) in [7, 11) is 2.05. The molecule has 0 aromatic rings. The van der Waals surface area contributed by atoms with Gasteiger partial charge in [-0.15, -0.1) is 0 Å². The molecule has 92 valence electrons. The van der Waals surface area contributed by atoms with Gasteiger partial charge < -0.3 is 10.2 Å². The van der Waals surface area contributed by atoms with Crippen LogP contribution in [-0.4, -0.2) is 37.6 Å². The Bertz CT molecular complexity index is 118. The first-order valence-electron chi connectivity index (χ1n) is 6.64. The first kappa shape index (κ1) is 14.9. The average Bonchev–Trinajstić information content (AvgIpc) is 2.27. The van der Waals surface area contributed by atoms with E-state index >= 15 is 0 Å². The average molecular weight is 214 g/mol. The summed E-state index contributed by atoms with van der Waals surface area (Å²) in [5.41, 5.74) is 0. The summed E-state index contributed by atoms with van der Waals surface area (Å²) in [6, 6.07) is 0.649. The monoisotopic (exact) mass is 214 g/mol. The Morgan fingerprint density at radius 2 is 1.53 bits per heavy atom. The normalized spacial score (nSPS) is 13.4. The number of unbranched alkanes of at least 4 members (excludes halogenated alkanes) is 2. The minimum Gasteiger partial charge on any atom is -0.317 e. The highest BCUT2D eigenvalue weighted by molar-refractivity contribution is 4.63. The third-order valence-corrected chi connectivity index (χ3v) is 3.03. The second kappa shape index (κ2) is 10.4. The quantitative estimate of drug-likeness (QED) is 0.601. The van der Waals surface area contributed by atoms with Gasteiger partial charge >= 0.3 is 0 Å². The van der Waals surface area contributed by atoms with Crippen LogP contribution < -0.4 is 5.32 Å². The molecule has 0 aromatic heterocycles. The van der Waals surface area contributed by atoms with Crippen molar-refractivity contribution in [2.24, 2.45) is 0 Å². The Morgan fingerprint density at radius 1 is 1.00 bits per heavy atom. The zero-order valence-corrected chi connectivity index (χ0v) is 11.2. The van der Waals surface area contributed by atoms with Gasteiger partial charge in [-0.3, -0.25) is 0 Å². The van der Waals surface area contributed by atoms with E-state index in [1.807, 2.05) is 7.05 Å². The molecule has 0 amide bonds. The van der Waals surface area contributed by atoms with Crippen LogP contribution in [0.4, 0.5) is 0 Å². The number of nitrogens with zero attached hydrogens (tertiary/aromatic N) is 1. The molecule has 0 bridgehead atoms. The van der Waals surface area contributed by atoms with Crippen molar-refractivity contribution in [2.75, 3.05) is 26.7 Å². The largest absolute Gasteiger partial charge is 0.317 e. The first-order chi connectivity index (χ1) is 7.24. The predicted octanol–water partition coefficient (Wildman–Crippen LogP) is 2.89. The van der Waals surface area contributed by atoms with E-state index in [-0.39, 0.29) is 0 Å². The van der Waals surface area contributed by atoms with E-state index in [1.54, 1.807) is 0 Å². The summed E-state index contributed by atoms with van der Waals surface area (Å²) in [5.74, 6) is 0. The molecule has 0 rings (SSSR count). The molecule has 0 aliphatic carbocycles. The predicted molar refractivity (Wildman–Crippen MR) is 69.4 cm³/mol. The van der Waals surface area contributed by atoms with Crippen LogP contribution in [0.1, 0.15) is 52.9 Å². The van der Waals surface area contributed by atoms with Gasteiger partial charge in [0.25, 0.3) is 0 Å². The number of hydrogen-bond donors (Lipinski definition) is 1. The van der Waals surface area contributed by atoms with Gasteiger partial charge in [0, 0.05) is 6.04 Å². The molecule has 2 nitrogen and oxygen atoms in total. The van der Waals surface area contributed by atoms with Crippen LogP contribution in [0.3, 0.4) is 0 Å². The molecule has 0 aromatic carbocycles. The molecular formula is C13H30N2. The van der Waals surface area contributed by atoms with Crippen molar-refractivity contribution < 1.29 is 0 Å². The van der Waals surface area contributed by atoms with Crippen LogP contribution in [-0.2, 0) is 0 Å². The highest BCUT2D eigenvalue weighted by atomic mass is 15.1. The summed E-state index contributed by atoms with van der Waals surface area (Å²) < 4.78 is 0. The van der Waals surface area contributed by atoms with Gasteiger partial charge in [0.2, 0.25) is 0 Å². The van der Waals surface area contributed by atoms with Gasteiger partial charge in [0.15, 0.2) is 0 Å². The van der Waals surface area contributed by atoms with Gasteiger partial charge in [-0.1, -0.05) is 26.7 Å². The third-order valence-electron chi connectivity index (χ3n) is 3.03. The maximum Gasteiger partial charge on any atom is 0.00479 e. The van der Waals surface area contributed by atoms with Crippen molar-refractivity contribution in [3.8, 4) is 0 Å². The Labute approximate surface area is 96.4 Å². The lowest BCUT2D eigenvalue weighted by Crippen LogP contribution is -2.32. The maximum absolute atomic E-state index is 3.31. The van der Waals surface area contributed by atoms with Crippen molar-refractivity contribution in [1.29, 1.82) is 0 Å². The van der Waals surface area contributed by atoms with E-state index in [9.17, 15) is 0 Å². The Hall–Kier alpha value is -0.0800. The van der Waals surface area contributed by atoms with Crippen LogP contribution in [0.5, 0.6) is 0 Å². The first-order valence-corrected chi connectivity index (χ1v) is 6.64. The minimum atomic E-state index is 0.649. The molecule has 0 fully saturated rings. The molecule has 0 aliphatic heterocycles. The van der Waals surface area contributed by atoms with E-state index in [4.69, 9.17) is 0 Å². The number of hydrogen-bond acceptors (Lipinski definition) is 2. The zero-order valence-electron chi connectivity index (χ0n) is 11.2. The number of rotatable bonds is 10. The Kier molecular flexibility index (Phi) is 10.4. The minimum absolute atomic E-state index is 0.649. The summed E-state index contributed by atoms with van der Waals surface area (Å²) >= 11 is 0. The van der Waals surface area contributed by atoms with Crippen molar-refractivity contribution in [1.82, 2.24) is 10.2 Å². The standard InChI is InChI=1S/C13H30N2/c1-5-7-10-15(11-8-6-2)12-9-13(3)14-4/h13-14H,5-12H2,1-4H3. The maximum atomic E-state index is 3.31.